The van der Waals surface area contributed by atoms with E-state index < -0.39 is 0 Å². The molecule has 1 saturated carbocycles. The first kappa shape index (κ1) is 9.47. The lowest BCUT2D eigenvalue weighted by Crippen LogP contribution is -2.44. The highest BCUT2D eigenvalue weighted by Gasteiger charge is 2.42. The topological polar surface area (TPSA) is 32.3 Å². The van der Waals surface area contributed by atoms with Crippen molar-refractivity contribution in [3.8, 4) is 0 Å². The molecule has 76 valence electrons. The van der Waals surface area contributed by atoms with Crippen molar-refractivity contribution in [1.29, 1.82) is 0 Å². The lowest BCUT2D eigenvalue weighted by atomic mass is 9.69. The van der Waals surface area contributed by atoms with E-state index in [0.717, 1.165) is 13.0 Å². The normalized spacial score (nSPS) is 36.7. The van der Waals surface area contributed by atoms with Crippen molar-refractivity contribution in [1.82, 2.24) is 5.32 Å². The van der Waals surface area contributed by atoms with Gasteiger partial charge in [-0.05, 0) is 37.5 Å². The second-order valence-corrected chi connectivity index (χ2v) is 5.68. The molecule has 2 nitrogen and oxygen atoms in total. The third-order valence-electron chi connectivity index (χ3n) is 3.90. The van der Waals surface area contributed by atoms with E-state index in [1.54, 1.807) is 0 Å². The smallest absolute Gasteiger partial charge is 0.0682 e. The van der Waals surface area contributed by atoms with Gasteiger partial charge >= 0.3 is 0 Å². The summed E-state index contributed by atoms with van der Waals surface area (Å²) in [5.41, 5.74) is 0.829. The molecule has 0 amide bonds. The van der Waals surface area contributed by atoms with E-state index in [1.807, 2.05) is 0 Å². The second kappa shape index (κ2) is 2.96. The van der Waals surface area contributed by atoms with Gasteiger partial charge in [0.25, 0.3) is 0 Å². The molecule has 2 heteroatoms. The van der Waals surface area contributed by atoms with Crippen molar-refractivity contribution in [3.05, 3.63) is 0 Å². The van der Waals surface area contributed by atoms with Crippen molar-refractivity contribution in [2.45, 2.75) is 57.6 Å². The fourth-order valence-corrected chi connectivity index (χ4v) is 2.72. The predicted octanol–water partition coefficient (Wildman–Crippen LogP) is 1.68. The van der Waals surface area contributed by atoms with Crippen LogP contribution in [0, 0.1) is 5.41 Å². The van der Waals surface area contributed by atoms with Gasteiger partial charge in [-0.2, -0.15) is 0 Å². The summed E-state index contributed by atoms with van der Waals surface area (Å²) in [6, 6.07) is 0. The predicted molar refractivity (Wildman–Crippen MR) is 53.6 cm³/mol. The summed E-state index contributed by atoms with van der Waals surface area (Å²) in [4.78, 5) is 0. The maximum absolute atomic E-state index is 9.51. The van der Waals surface area contributed by atoms with E-state index in [0.29, 0.717) is 11.0 Å². The summed E-state index contributed by atoms with van der Waals surface area (Å²) in [5, 5.41) is 13.0. The SMILES string of the molecule is CC1(C)CCC2(CC1)CC(O)CN2. The van der Waals surface area contributed by atoms with Crippen LogP contribution in [0.3, 0.4) is 0 Å². The zero-order chi connectivity index (χ0) is 9.53. The van der Waals surface area contributed by atoms with E-state index in [-0.39, 0.29) is 6.10 Å². The fourth-order valence-electron chi connectivity index (χ4n) is 2.72. The molecule has 1 aliphatic carbocycles. The van der Waals surface area contributed by atoms with E-state index in [9.17, 15) is 5.11 Å². The monoisotopic (exact) mass is 183 g/mol. The molecule has 1 saturated heterocycles. The molecule has 1 aliphatic heterocycles. The molecule has 0 bridgehead atoms. The Hall–Kier alpha value is -0.0800. The Labute approximate surface area is 80.7 Å². The average Bonchev–Trinajstić information content (AvgIpc) is 2.41. The molecular formula is C11H21NO. The summed E-state index contributed by atoms with van der Waals surface area (Å²) < 4.78 is 0. The highest BCUT2D eigenvalue weighted by molar-refractivity contribution is 5.01. The first-order valence-corrected chi connectivity index (χ1v) is 5.45. The highest BCUT2D eigenvalue weighted by atomic mass is 16.3. The van der Waals surface area contributed by atoms with Crippen LogP contribution in [0.1, 0.15) is 46.0 Å². The minimum atomic E-state index is -0.0961. The fraction of sp³-hybridized carbons (Fsp3) is 1.00. The van der Waals surface area contributed by atoms with Gasteiger partial charge in [0, 0.05) is 12.1 Å². The van der Waals surface area contributed by atoms with Crippen LogP contribution in [0.2, 0.25) is 0 Å². The van der Waals surface area contributed by atoms with Crippen molar-refractivity contribution in [3.63, 3.8) is 0 Å². The zero-order valence-electron chi connectivity index (χ0n) is 8.77. The highest BCUT2D eigenvalue weighted by Crippen LogP contribution is 2.43. The molecule has 0 aromatic rings. The van der Waals surface area contributed by atoms with Gasteiger partial charge in [-0.3, -0.25) is 0 Å². The second-order valence-electron chi connectivity index (χ2n) is 5.68. The molecule has 1 spiro atoms. The third-order valence-corrected chi connectivity index (χ3v) is 3.90. The number of nitrogens with one attached hydrogen (secondary N) is 1. The maximum atomic E-state index is 9.51. The number of hydrogen-bond acceptors (Lipinski definition) is 2. The molecule has 0 radical (unpaired) electrons. The Morgan fingerprint density at radius 1 is 1.15 bits per heavy atom. The minimum absolute atomic E-state index is 0.0961. The van der Waals surface area contributed by atoms with Gasteiger partial charge in [-0.15, -0.1) is 0 Å². The van der Waals surface area contributed by atoms with Gasteiger partial charge < -0.3 is 10.4 Å². The van der Waals surface area contributed by atoms with Gasteiger partial charge in [0.2, 0.25) is 0 Å². The summed E-state index contributed by atoms with van der Waals surface area (Å²) in [6.07, 6.45) is 5.97. The lowest BCUT2D eigenvalue weighted by Gasteiger charge is -2.41. The number of aliphatic hydroxyl groups is 1. The molecule has 1 unspecified atom stereocenters. The summed E-state index contributed by atoms with van der Waals surface area (Å²) in [6.45, 7) is 5.51. The van der Waals surface area contributed by atoms with Crippen LogP contribution < -0.4 is 5.32 Å². The van der Waals surface area contributed by atoms with Crippen LogP contribution in [0.25, 0.3) is 0 Å². The largest absolute Gasteiger partial charge is 0.392 e. The van der Waals surface area contributed by atoms with Gasteiger partial charge in [0.05, 0.1) is 6.10 Å². The quantitative estimate of drug-likeness (QED) is 0.599. The van der Waals surface area contributed by atoms with Crippen LogP contribution in [-0.2, 0) is 0 Å². The van der Waals surface area contributed by atoms with Crippen LogP contribution >= 0.6 is 0 Å². The summed E-state index contributed by atoms with van der Waals surface area (Å²) in [5.74, 6) is 0. The van der Waals surface area contributed by atoms with Gasteiger partial charge in [-0.25, -0.2) is 0 Å². The molecule has 13 heavy (non-hydrogen) atoms. The van der Waals surface area contributed by atoms with Crippen LogP contribution in [-0.4, -0.2) is 23.3 Å². The number of β-amino-alcohol motifs (C(OH)–C–C–N with tert-alkyl or cyclic N) is 1. The van der Waals surface area contributed by atoms with E-state index in [4.69, 9.17) is 0 Å². The third kappa shape index (κ3) is 1.89. The zero-order valence-corrected chi connectivity index (χ0v) is 8.77. The molecule has 1 heterocycles. The molecule has 0 aromatic heterocycles. The van der Waals surface area contributed by atoms with Crippen LogP contribution in [0.15, 0.2) is 0 Å². The lowest BCUT2D eigenvalue weighted by molar-refractivity contribution is 0.129. The Kier molecular flexibility index (Phi) is 2.16. The van der Waals surface area contributed by atoms with Gasteiger partial charge in [0.1, 0.15) is 0 Å². The summed E-state index contributed by atoms with van der Waals surface area (Å²) in [7, 11) is 0. The summed E-state index contributed by atoms with van der Waals surface area (Å²) >= 11 is 0. The maximum Gasteiger partial charge on any atom is 0.0682 e. The van der Waals surface area contributed by atoms with Crippen molar-refractivity contribution in [2.24, 2.45) is 5.41 Å². The number of hydrogen-bond donors (Lipinski definition) is 2. The Bertz CT molecular complexity index is 190. The van der Waals surface area contributed by atoms with Crippen molar-refractivity contribution in [2.75, 3.05) is 6.54 Å². The van der Waals surface area contributed by atoms with E-state index in [1.165, 1.54) is 25.7 Å². The Morgan fingerprint density at radius 2 is 1.77 bits per heavy atom. The Balaban J connectivity index is 1.97. The first-order chi connectivity index (χ1) is 6.02. The van der Waals surface area contributed by atoms with Gasteiger partial charge in [0.15, 0.2) is 0 Å². The molecule has 2 rings (SSSR count). The number of aliphatic hydroxyl groups excluding tert-OH is 1. The van der Waals surface area contributed by atoms with Gasteiger partial charge in [-0.1, -0.05) is 13.8 Å². The van der Waals surface area contributed by atoms with Crippen molar-refractivity contribution >= 4 is 0 Å². The average molecular weight is 183 g/mol. The van der Waals surface area contributed by atoms with E-state index in [2.05, 4.69) is 19.2 Å². The van der Waals surface area contributed by atoms with Crippen LogP contribution in [0.4, 0.5) is 0 Å². The minimum Gasteiger partial charge on any atom is -0.392 e. The van der Waals surface area contributed by atoms with Crippen LogP contribution in [0.5, 0.6) is 0 Å². The first-order valence-electron chi connectivity index (χ1n) is 5.45. The molecule has 1 atom stereocenters. The molecular weight excluding hydrogens is 162 g/mol. The molecule has 2 aliphatic rings. The molecule has 2 N–H and O–H groups in total. The standard InChI is InChI=1S/C11H21NO/c1-10(2)3-5-11(6-4-10)7-9(13)8-12-11/h9,12-13H,3-8H2,1-2H3. The van der Waals surface area contributed by atoms with E-state index >= 15 is 0 Å². The molecule has 2 fully saturated rings. The molecule has 0 aromatic carbocycles. The number of rotatable bonds is 0. The Morgan fingerprint density at radius 3 is 2.23 bits per heavy atom. The van der Waals surface area contributed by atoms with Crippen molar-refractivity contribution < 1.29 is 5.11 Å².